The fraction of sp³-hybridized carbons (Fsp3) is 0.118. The number of para-hydroxylation sites is 1. The Kier molecular flexibility index (Phi) is 3.97. The number of aromatic hydroxyl groups is 1. The maximum atomic E-state index is 9.51. The second-order valence-electron chi connectivity index (χ2n) is 4.72. The lowest BCUT2D eigenvalue weighted by molar-refractivity contribution is 0.474. The Bertz CT molecular complexity index is 774. The van der Waals surface area contributed by atoms with E-state index in [1.54, 1.807) is 23.9 Å². The van der Waals surface area contributed by atoms with Gasteiger partial charge in [0.2, 0.25) is 0 Å². The average Bonchev–Trinajstić information content (AvgIpc) is 2.52. The summed E-state index contributed by atoms with van der Waals surface area (Å²) >= 11 is 1.69. The van der Waals surface area contributed by atoms with Gasteiger partial charge in [-0.2, -0.15) is 0 Å². The van der Waals surface area contributed by atoms with Gasteiger partial charge >= 0.3 is 0 Å². The van der Waals surface area contributed by atoms with E-state index >= 15 is 0 Å². The molecule has 0 aliphatic carbocycles. The lowest BCUT2D eigenvalue weighted by Gasteiger charge is -2.10. The quantitative estimate of drug-likeness (QED) is 0.706. The zero-order valence-corrected chi connectivity index (χ0v) is 12.5. The highest BCUT2D eigenvalue weighted by atomic mass is 32.2. The second-order valence-corrected chi connectivity index (χ2v) is 5.77. The summed E-state index contributed by atoms with van der Waals surface area (Å²) in [6.07, 6.45) is 0. The molecule has 2 aromatic carbocycles. The summed E-state index contributed by atoms with van der Waals surface area (Å²) in [6, 6.07) is 17.6. The molecule has 0 bridgehead atoms. The van der Waals surface area contributed by atoms with Crippen molar-refractivity contribution < 1.29 is 5.11 Å². The van der Waals surface area contributed by atoms with Crippen LogP contribution in [0.4, 0.5) is 5.82 Å². The molecule has 4 heteroatoms. The summed E-state index contributed by atoms with van der Waals surface area (Å²) in [5.41, 5.74) is 2.15. The molecule has 0 amide bonds. The number of rotatable bonds is 4. The normalized spacial score (nSPS) is 10.7. The van der Waals surface area contributed by atoms with E-state index in [1.165, 1.54) is 0 Å². The molecule has 2 N–H and O–H groups in total. The zero-order chi connectivity index (χ0) is 14.7. The number of phenolic OH excluding ortho intramolecular Hbond substituents is 1. The second kappa shape index (κ2) is 6.06. The fourth-order valence-electron chi connectivity index (χ4n) is 2.22. The molecule has 106 valence electrons. The summed E-state index contributed by atoms with van der Waals surface area (Å²) in [6.45, 7) is 0. The molecule has 0 aliphatic rings. The first kappa shape index (κ1) is 13.8. The number of pyridine rings is 1. The fourth-order valence-corrected chi connectivity index (χ4v) is 3.14. The predicted molar refractivity (Wildman–Crippen MR) is 89.0 cm³/mol. The summed E-state index contributed by atoms with van der Waals surface area (Å²) in [5.74, 6) is 2.00. The average molecular weight is 296 g/mol. The van der Waals surface area contributed by atoms with Crippen molar-refractivity contribution in [3.63, 3.8) is 0 Å². The van der Waals surface area contributed by atoms with Crippen molar-refractivity contribution in [2.75, 3.05) is 12.4 Å². The molecule has 0 radical (unpaired) electrons. The molecule has 3 rings (SSSR count). The van der Waals surface area contributed by atoms with E-state index in [0.717, 1.165) is 32.9 Å². The Morgan fingerprint density at radius 1 is 1.10 bits per heavy atom. The highest BCUT2D eigenvalue weighted by Gasteiger charge is 2.06. The zero-order valence-electron chi connectivity index (χ0n) is 11.7. The van der Waals surface area contributed by atoms with Gasteiger partial charge in [0.05, 0.1) is 5.52 Å². The molecule has 0 saturated heterocycles. The summed E-state index contributed by atoms with van der Waals surface area (Å²) < 4.78 is 0. The lowest BCUT2D eigenvalue weighted by Crippen LogP contribution is -1.98. The molecule has 3 nitrogen and oxygen atoms in total. The standard InChI is InChI=1S/C17H16N2OS/c1-18-17-13(9-12-5-2-3-8-16(12)19-17)11-21-15-7-4-6-14(20)10-15/h2-10,20H,11H2,1H3,(H,18,19). The molecular weight excluding hydrogens is 280 g/mol. The molecule has 1 heterocycles. The maximum absolute atomic E-state index is 9.51. The van der Waals surface area contributed by atoms with Gasteiger partial charge in [-0.05, 0) is 30.3 Å². The van der Waals surface area contributed by atoms with Crippen molar-refractivity contribution in [3.8, 4) is 5.75 Å². The topological polar surface area (TPSA) is 45.2 Å². The molecule has 0 atom stereocenters. The minimum Gasteiger partial charge on any atom is -0.508 e. The molecule has 0 saturated carbocycles. The number of anilines is 1. The highest BCUT2D eigenvalue weighted by Crippen LogP contribution is 2.29. The van der Waals surface area contributed by atoms with Gasteiger partial charge in [0.1, 0.15) is 11.6 Å². The first-order valence-corrected chi connectivity index (χ1v) is 7.73. The van der Waals surface area contributed by atoms with Crippen LogP contribution in [0.3, 0.4) is 0 Å². The van der Waals surface area contributed by atoms with Crippen molar-refractivity contribution >= 4 is 28.5 Å². The van der Waals surface area contributed by atoms with Crippen molar-refractivity contribution in [2.45, 2.75) is 10.6 Å². The van der Waals surface area contributed by atoms with Crippen LogP contribution >= 0.6 is 11.8 Å². The van der Waals surface area contributed by atoms with Crippen LogP contribution in [0.15, 0.2) is 59.5 Å². The Balaban J connectivity index is 1.88. The third kappa shape index (κ3) is 3.11. The van der Waals surface area contributed by atoms with Gasteiger partial charge in [0, 0.05) is 28.6 Å². The number of nitrogens with zero attached hydrogens (tertiary/aromatic N) is 1. The third-order valence-electron chi connectivity index (χ3n) is 3.25. The van der Waals surface area contributed by atoms with Crippen LogP contribution < -0.4 is 5.32 Å². The number of aromatic nitrogens is 1. The van der Waals surface area contributed by atoms with E-state index in [2.05, 4.69) is 22.4 Å². The summed E-state index contributed by atoms with van der Waals surface area (Å²) in [5, 5.41) is 13.8. The smallest absolute Gasteiger partial charge is 0.130 e. The number of benzene rings is 2. The summed E-state index contributed by atoms with van der Waals surface area (Å²) in [4.78, 5) is 5.70. The van der Waals surface area contributed by atoms with Crippen molar-refractivity contribution in [1.82, 2.24) is 4.98 Å². The van der Waals surface area contributed by atoms with Crippen LogP contribution in [0.1, 0.15) is 5.56 Å². The third-order valence-corrected chi connectivity index (χ3v) is 4.29. The van der Waals surface area contributed by atoms with E-state index in [0.29, 0.717) is 5.75 Å². The first-order valence-electron chi connectivity index (χ1n) is 6.74. The van der Waals surface area contributed by atoms with Gasteiger partial charge in [-0.25, -0.2) is 4.98 Å². The van der Waals surface area contributed by atoms with Gasteiger partial charge in [-0.1, -0.05) is 24.3 Å². The van der Waals surface area contributed by atoms with E-state index in [-0.39, 0.29) is 0 Å². The monoisotopic (exact) mass is 296 g/mol. The maximum Gasteiger partial charge on any atom is 0.130 e. The van der Waals surface area contributed by atoms with Gasteiger partial charge < -0.3 is 10.4 Å². The number of nitrogens with one attached hydrogen (secondary N) is 1. The van der Waals surface area contributed by atoms with Crippen LogP contribution in [0.2, 0.25) is 0 Å². The Labute approximate surface area is 128 Å². The lowest BCUT2D eigenvalue weighted by atomic mass is 10.1. The van der Waals surface area contributed by atoms with Gasteiger partial charge in [0.25, 0.3) is 0 Å². The van der Waals surface area contributed by atoms with Crippen LogP contribution in [-0.2, 0) is 5.75 Å². The minimum atomic E-state index is 0.297. The van der Waals surface area contributed by atoms with Crippen molar-refractivity contribution in [2.24, 2.45) is 0 Å². The van der Waals surface area contributed by atoms with E-state index in [1.807, 2.05) is 37.4 Å². The van der Waals surface area contributed by atoms with Crippen LogP contribution in [0.25, 0.3) is 10.9 Å². The Morgan fingerprint density at radius 2 is 1.95 bits per heavy atom. The highest BCUT2D eigenvalue weighted by molar-refractivity contribution is 7.98. The van der Waals surface area contributed by atoms with Gasteiger partial charge in [0.15, 0.2) is 0 Å². The molecule has 21 heavy (non-hydrogen) atoms. The van der Waals surface area contributed by atoms with Crippen molar-refractivity contribution in [1.29, 1.82) is 0 Å². The van der Waals surface area contributed by atoms with E-state index in [4.69, 9.17) is 0 Å². The van der Waals surface area contributed by atoms with E-state index in [9.17, 15) is 5.11 Å². The number of phenols is 1. The summed E-state index contributed by atoms with van der Waals surface area (Å²) in [7, 11) is 1.89. The molecule has 3 aromatic rings. The number of fused-ring (bicyclic) bond motifs is 1. The molecule has 0 unspecified atom stereocenters. The molecule has 0 fully saturated rings. The molecule has 1 aromatic heterocycles. The Hall–Kier alpha value is -2.20. The molecular formula is C17H16N2OS. The van der Waals surface area contributed by atoms with Crippen LogP contribution in [0.5, 0.6) is 5.75 Å². The molecule has 0 spiro atoms. The number of hydrogen-bond donors (Lipinski definition) is 2. The predicted octanol–water partition coefficient (Wildman–Crippen LogP) is 4.27. The minimum absolute atomic E-state index is 0.297. The number of hydrogen-bond acceptors (Lipinski definition) is 4. The van der Waals surface area contributed by atoms with Crippen LogP contribution in [0, 0.1) is 0 Å². The van der Waals surface area contributed by atoms with Crippen LogP contribution in [-0.4, -0.2) is 17.1 Å². The molecule has 0 aliphatic heterocycles. The van der Waals surface area contributed by atoms with E-state index < -0.39 is 0 Å². The van der Waals surface area contributed by atoms with Crippen molar-refractivity contribution in [3.05, 3.63) is 60.2 Å². The van der Waals surface area contributed by atoms with Gasteiger partial charge in [-0.3, -0.25) is 0 Å². The Morgan fingerprint density at radius 3 is 2.76 bits per heavy atom. The largest absolute Gasteiger partial charge is 0.508 e. The first-order chi connectivity index (χ1) is 10.3. The SMILES string of the molecule is CNc1nc2ccccc2cc1CSc1cccc(O)c1. The van der Waals surface area contributed by atoms with Gasteiger partial charge in [-0.15, -0.1) is 11.8 Å². The number of thioether (sulfide) groups is 1.